The Morgan fingerprint density at radius 3 is 2.41 bits per heavy atom. The van der Waals surface area contributed by atoms with E-state index in [1.807, 2.05) is 36.4 Å². The van der Waals surface area contributed by atoms with Gasteiger partial charge in [0.25, 0.3) is 5.91 Å². The SMILES string of the molecule is O=C(Nc1nc(-c2ccccc2)c(CN2CCOCC2)s1)c1ccccc1. The Hall–Kier alpha value is -2.54. The van der Waals surface area contributed by atoms with Crippen LogP contribution in [-0.2, 0) is 11.3 Å². The second kappa shape index (κ2) is 8.43. The maximum atomic E-state index is 12.5. The van der Waals surface area contributed by atoms with Gasteiger partial charge >= 0.3 is 0 Å². The van der Waals surface area contributed by atoms with Crippen molar-refractivity contribution in [2.45, 2.75) is 6.54 Å². The summed E-state index contributed by atoms with van der Waals surface area (Å²) in [5.41, 5.74) is 2.64. The Labute approximate surface area is 162 Å². The van der Waals surface area contributed by atoms with E-state index in [1.54, 1.807) is 23.5 Å². The molecule has 1 amide bonds. The lowest BCUT2D eigenvalue weighted by Gasteiger charge is -2.26. The van der Waals surface area contributed by atoms with Crippen LogP contribution in [0.4, 0.5) is 5.13 Å². The number of carbonyl (C=O) groups excluding carboxylic acids is 1. The quantitative estimate of drug-likeness (QED) is 0.731. The Morgan fingerprint density at radius 2 is 1.70 bits per heavy atom. The minimum Gasteiger partial charge on any atom is -0.379 e. The van der Waals surface area contributed by atoms with Crippen LogP contribution in [0.25, 0.3) is 11.3 Å². The number of benzene rings is 2. The monoisotopic (exact) mass is 379 g/mol. The molecule has 2 aromatic carbocycles. The molecule has 0 unspecified atom stereocenters. The van der Waals surface area contributed by atoms with Crippen LogP contribution in [0.3, 0.4) is 0 Å². The van der Waals surface area contributed by atoms with Gasteiger partial charge in [0.1, 0.15) is 0 Å². The predicted molar refractivity (Wildman–Crippen MR) is 108 cm³/mol. The highest BCUT2D eigenvalue weighted by Crippen LogP contribution is 2.32. The molecular weight excluding hydrogens is 358 g/mol. The third-order valence-corrected chi connectivity index (χ3v) is 5.43. The average Bonchev–Trinajstić information content (AvgIpc) is 3.12. The lowest BCUT2D eigenvalue weighted by atomic mass is 10.1. The van der Waals surface area contributed by atoms with E-state index in [4.69, 9.17) is 9.72 Å². The van der Waals surface area contributed by atoms with Crippen molar-refractivity contribution in [2.75, 3.05) is 31.6 Å². The first-order valence-corrected chi connectivity index (χ1v) is 9.83. The lowest BCUT2D eigenvalue weighted by Crippen LogP contribution is -2.35. The average molecular weight is 379 g/mol. The van der Waals surface area contributed by atoms with Gasteiger partial charge in [-0.05, 0) is 12.1 Å². The number of thiazole rings is 1. The van der Waals surface area contributed by atoms with Gasteiger partial charge in [-0.2, -0.15) is 0 Å². The number of morpholine rings is 1. The van der Waals surface area contributed by atoms with E-state index < -0.39 is 0 Å². The maximum absolute atomic E-state index is 12.5. The largest absolute Gasteiger partial charge is 0.379 e. The van der Waals surface area contributed by atoms with Crippen LogP contribution in [0, 0.1) is 0 Å². The van der Waals surface area contributed by atoms with E-state index in [9.17, 15) is 4.79 Å². The fourth-order valence-corrected chi connectivity index (χ4v) is 4.08. The molecule has 5 nitrogen and oxygen atoms in total. The molecule has 0 radical (unpaired) electrons. The summed E-state index contributed by atoms with van der Waals surface area (Å²) < 4.78 is 5.45. The van der Waals surface area contributed by atoms with Gasteiger partial charge in [0.05, 0.1) is 18.9 Å². The van der Waals surface area contributed by atoms with Gasteiger partial charge in [0, 0.05) is 35.6 Å². The van der Waals surface area contributed by atoms with Gasteiger partial charge < -0.3 is 4.74 Å². The van der Waals surface area contributed by atoms with Crippen LogP contribution in [-0.4, -0.2) is 42.1 Å². The first-order valence-electron chi connectivity index (χ1n) is 9.01. The molecule has 6 heteroatoms. The predicted octanol–water partition coefficient (Wildman–Crippen LogP) is 3.89. The number of rotatable bonds is 5. The van der Waals surface area contributed by atoms with Crippen molar-refractivity contribution < 1.29 is 9.53 Å². The molecule has 2 heterocycles. The number of hydrogen-bond acceptors (Lipinski definition) is 5. The van der Waals surface area contributed by atoms with Crippen molar-refractivity contribution in [3.63, 3.8) is 0 Å². The van der Waals surface area contributed by atoms with Crippen molar-refractivity contribution in [1.29, 1.82) is 0 Å². The number of nitrogens with one attached hydrogen (secondary N) is 1. The second-order valence-electron chi connectivity index (χ2n) is 6.37. The first-order chi connectivity index (χ1) is 13.3. The Bertz CT molecular complexity index is 890. The lowest BCUT2D eigenvalue weighted by molar-refractivity contribution is 0.0347. The summed E-state index contributed by atoms with van der Waals surface area (Å²) in [7, 11) is 0. The van der Waals surface area contributed by atoms with Crippen LogP contribution in [0.2, 0.25) is 0 Å². The number of carbonyl (C=O) groups is 1. The standard InChI is InChI=1S/C21H21N3O2S/c25-20(17-9-5-2-6-10-17)23-21-22-19(16-7-3-1-4-8-16)18(27-21)15-24-11-13-26-14-12-24/h1-10H,11-15H2,(H,22,23,25). The van der Waals surface area contributed by atoms with Crippen molar-refractivity contribution in [1.82, 2.24) is 9.88 Å². The van der Waals surface area contributed by atoms with Crippen molar-refractivity contribution in [3.8, 4) is 11.3 Å². The molecule has 0 saturated carbocycles. The zero-order valence-electron chi connectivity index (χ0n) is 14.9. The number of aromatic nitrogens is 1. The highest BCUT2D eigenvalue weighted by molar-refractivity contribution is 7.16. The summed E-state index contributed by atoms with van der Waals surface area (Å²) in [6.07, 6.45) is 0. The topological polar surface area (TPSA) is 54.5 Å². The van der Waals surface area contributed by atoms with Crippen LogP contribution >= 0.6 is 11.3 Å². The van der Waals surface area contributed by atoms with Gasteiger partial charge in [-0.15, -0.1) is 0 Å². The van der Waals surface area contributed by atoms with Crippen molar-refractivity contribution >= 4 is 22.4 Å². The van der Waals surface area contributed by atoms with Crippen LogP contribution in [0.15, 0.2) is 60.7 Å². The number of nitrogens with zero attached hydrogens (tertiary/aromatic N) is 2. The Morgan fingerprint density at radius 1 is 1.04 bits per heavy atom. The maximum Gasteiger partial charge on any atom is 0.257 e. The van der Waals surface area contributed by atoms with Crippen LogP contribution in [0.5, 0.6) is 0 Å². The molecule has 1 aliphatic heterocycles. The molecule has 4 rings (SSSR count). The molecule has 1 N–H and O–H groups in total. The molecule has 0 aliphatic carbocycles. The number of ether oxygens (including phenoxy) is 1. The minimum absolute atomic E-state index is 0.137. The van der Waals surface area contributed by atoms with E-state index in [0.29, 0.717) is 10.7 Å². The third-order valence-electron chi connectivity index (χ3n) is 4.47. The van der Waals surface area contributed by atoms with E-state index in [0.717, 1.165) is 49.0 Å². The zero-order valence-corrected chi connectivity index (χ0v) is 15.7. The fraction of sp³-hybridized carbons (Fsp3) is 0.238. The van der Waals surface area contributed by atoms with Gasteiger partial charge in [0.2, 0.25) is 0 Å². The highest BCUT2D eigenvalue weighted by atomic mass is 32.1. The molecule has 0 spiro atoms. The highest BCUT2D eigenvalue weighted by Gasteiger charge is 2.19. The molecule has 27 heavy (non-hydrogen) atoms. The van der Waals surface area contributed by atoms with Crippen LogP contribution < -0.4 is 5.32 Å². The number of amides is 1. The summed E-state index contributed by atoms with van der Waals surface area (Å²) in [5, 5.41) is 3.58. The van der Waals surface area contributed by atoms with E-state index >= 15 is 0 Å². The summed E-state index contributed by atoms with van der Waals surface area (Å²) in [6, 6.07) is 19.3. The van der Waals surface area contributed by atoms with E-state index in [-0.39, 0.29) is 5.91 Å². The smallest absolute Gasteiger partial charge is 0.257 e. The molecule has 1 aromatic heterocycles. The van der Waals surface area contributed by atoms with Gasteiger partial charge in [0.15, 0.2) is 5.13 Å². The molecule has 0 bridgehead atoms. The van der Waals surface area contributed by atoms with Crippen LogP contribution in [0.1, 0.15) is 15.2 Å². The Balaban J connectivity index is 1.60. The minimum atomic E-state index is -0.137. The molecular formula is C21H21N3O2S. The molecule has 1 aliphatic rings. The molecule has 3 aromatic rings. The van der Waals surface area contributed by atoms with Gasteiger partial charge in [-0.1, -0.05) is 59.9 Å². The molecule has 1 saturated heterocycles. The molecule has 1 fully saturated rings. The summed E-state index contributed by atoms with van der Waals surface area (Å²) >= 11 is 1.55. The normalized spacial score (nSPS) is 14.8. The number of anilines is 1. The summed E-state index contributed by atoms with van der Waals surface area (Å²) in [4.78, 5) is 20.8. The Kier molecular flexibility index (Phi) is 5.58. The van der Waals surface area contributed by atoms with E-state index in [1.165, 1.54) is 0 Å². The first kappa shape index (κ1) is 17.9. The summed E-state index contributed by atoms with van der Waals surface area (Å²) in [6.45, 7) is 4.16. The number of hydrogen-bond donors (Lipinski definition) is 1. The zero-order chi connectivity index (χ0) is 18.5. The van der Waals surface area contributed by atoms with Gasteiger partial charge in [-0.3, -0.25) is 15.0 Å². The van der Waals surface area contributed by atoms with Crippen molar-refractivity contribution in [3.05, 3.63) is 71.1 Å². The van der Waals surface area contributed by atoms with Crippen molar-refractivity contribution in [2.24, 2.45) is 0 Å². The fourth-order valence-electron chi connectivity index (χ4n) is 3.06. The second-order valence-corrected chi connectivity index (χ2v) is 7.45. The third kappa shape index (κ3) is 4.42. The molecule has 138 valence electrons. The summed E-state index contributed by atoms with van der Waals surface area (Å²) in [5.74, 6) is -0.137. The van der Waals surface area contributed by atoms with Gasteiger partial charge in [-0.25, -0.2) is 4.98 Å². The van der Waals surface area contributed by atoms with E-state index in [2.05, 4.69) is 22.3 Å². The molecule has 0 atom stereocenters.